The molecule has 158 valence electrons. The zero-order valence-electron chi connectivity index (χ0n) is 17.4. The lowest BCUT2D eigenvalue weighted by Gasteiger charge is -2.08. The highest BCUT2D eigenvalue weighted by atomic mass is 35.5. The molecule has 1 aliphatic heterocycles. The minimum atomic E-state index is 0.491. The molecule has 3 aromatic rings. The number of unbranched alkanes of at least 4 members (excludes halogenated alkanes) is 5. The second-order valence-electron chi connectivity index (χ2n) is 7.74. The third-order valence-electron chi connectivity index (χ3n) is 5.46. The predicted molar refractivity (Wildman–Crippen MR) is 127 cm³/mol. The van der Waals surface area contributed by atoms with Crippen molar-refractivity contribution in [3.8, 4) is 5.00 Å². The van der Waals surface area contributed by atoms with Crippen LogP contribution >= 0.6 is 34.5 Å². The van der Waals surface area contributed by atoms with Gasteiger partial charge in [0.05, 0.1) is 15.8 Å². The maximum absolute atomic E-state index is 6.31. The molecule has 0 N–H and O–H groups in total. The summed E-state index contributed by atoms with van der Waals surface area (Å²) in [5.41, 5.74) is 3.05. The standard InChI is InChI=1S/C23H26Cl2N4S/c1-3-4-5-6-7-8-9-17-13-18-22(16-10-11-19(24)20(25)12-16)26-14-21-28-27-15(2)29(21)23(18)30-17/h10-13H,3-9,14H2,1-2H3. The van der Waals surface area contributed by atoms with E-state index in [1.54, 1.807) is 0 Å². The molecular formula is C23H26Cl2N4S. The second kappa shape index (κ2) is 9.63. The third kappa shape index (κ3) is 4.48. The van der Waals surface area contributed by atoms with Gasteiger partial charge in [0.1, 0.15) is 17.4 Å². The van der Waals surface area contributed by atoms with Gasteiger partial charge < -0.3 is 0 Å². The van der Waals surface area contributed by atoms with Crippen molar-refractivity contribution in [1.29, 1.82) is 0 Å². The number of aliphatic imine (C=N–C) groups is 1. The van der Waals surface area contributed by atoms with Crippen molar-refractivity contribution in [3.05, 3.63) is 62.0 Å². The van der Waals surface area contributed by atoms with Crippen LogP contribution in [0.2, 0.25) is 10.0 Å². The average molecular weight is 461 g/mol. The zero-order valence-corrected chi connectivity index (χ0v) is 19.7. The Kier molecular flexibility index (Phi) is 6.91. The van der Waals surface area contributed by atoms with E-state index in [0.717, 1.165) is 39.9 Å². The first kappa shape index (κ1) is 21.5. The van der Waals surface area contributed by atoms with Gasteiger partial charge in [0.25, 0.3) is 0 Å². The number of halogens is 2. The number of hydrogen-bond acceptors (Lipinski definition) is 4. The van der Waals surface area contributed by atoms with E-state index in [-0.39, 0.29) is 0 Å². The van der Waals surface area contributed by atoms with E-state index in [1.165, 1.54) is 43.4 Å². The van der Waals surface area contributed by atoms with Crippen molar-refractivity contribution >= 4 is 40.3 Å². The molecule has 0 saturated carbocycles. The number of thiophene rings is 1. The van der Waals surface area contributed by atoms with Gasteiger partial charge in [-0.1, -0.05) is 68.3 Å². The van der Waals surface area contributed by atoms with Crippen LogP contribution in [-0.4, -0.2) is 20.5 Å². The molecule has 0 unspecified atom stereocenters. The molecule has 0 spiro atoms. The fraction of sp³-hybridized carbons (Fsp3) is 0.435. The molecule has 7 heteroatoms. The lowest BCUT2D eigenvalue weighted by molar-refractivity contribution is 0.609. The Morgan fingerprint density at radius 2 is 1.80 bits per heavy atom. The summed E-state index contributed by atoms with van der Waals surface area (Å²) in [5, 5.41) is 10.9. The van der Waals surface area contributed by atoms with Crippen molar-refractivity contribution < 1.29 is 0 Å². The number of aromatic nitrogens is 3. The van der Waals surface area contributed by atoms with Crippen LogP contribution in [0.1, 0.15) is 73.1 Å². The Bertz CT molecular complexity index is 1070. The molecule has 0 aliphatic carbocycles. The van der Waals surface area contributed by atoms with Crippen LogP contribution in [-0.2, 0) is 13.0 Å². The first-order chi connectivity index (χ1) is 14.6. The van der Waals surface area contributed by atoms with E-state index in [9.17, 15) is 0 Å². The number of fused-ring (bicyclic) bond motifs is 3. The van der Waals surface area contributed by atoms with Crippen LogP contribution in [0.4, 0.5) is 0 Å². The summed E-state index contributed by atoms with van der Waals surface area (Å²) in [7, 11) is 0. The quantitative estimate of drug-likeness (QED) is 0.333. The van der Waals surface area contributed by atoms with Gasteiger partial charge in [-0.15, -0.1) is 21.5 Å². The fourth-order valence-corrected chi connectivity index (χ4v) is 5.43. The van der Waals surface area contributed by atoms with Gasteiger partial charge in [-0.25, -0.2) is 0 Å². The van der Waals surface area contributed by atoms with Crippen LogP contribution in [0.5, 0.6) is 0 Å². The summed E-state index contributed by atoms with van der Waals surface area (Å²) < 4.78 is 2.15. The highest BCUT2D eigenvalue weighted by molar-refractivity contribution is 7.15. The minimum Gasteiger partial charge on any atom is -0.276 e. The Labute approximate surface area is 192 Å². The molecule has 0 bridgehead atoms. The summed E-state index contributed by atoms with van der Waals surface area (Å²) in [6.07, 6.45) is 8.89. The molecule has 4 rings (SSSR count). The molecule has 0 saturated heterocycles. The van der Waals surface area contributed by atoms with E-state index >= 15 is 0 Å². The molecule has 0 fully saturated rings. The lowest BCUT2D eigenvalue weighted by atomic mass is 10.0. The van der Waals surface area contributed by atoms with E-state index in [1.807, 2.05) is 36.5 Å². The SMILES string of the molecule is CCCCCCCCc1cc2c(s1)-n1c(C)nnc1CN=C2c1ccc(Cl)c(Cl)c1. The van der Waals surface area contributed by atoms with Crippen LogP contribution < -0.4 is 0 Å². The van der Waals surface area contributed by atoms with E-state index in [2.05, 4.69) is 27.8 Å². The summed E-state index contributed by atoms with van der Waals surface area (Å²) in [6.45, 7) is 4.75. The number of nitrogens with zero attached hydrogens (tertiary/aromatic N) is 4. The fourth-order valence-electron chi connectivity index (χ4n) is 3.87. The Hall–Kier alpha value is -1.69. The monoisotopic (exact) mass is 460 g/mol. The topological polar surface area (TPSA) is 43.1 Å². The number of hydrogen-bond donors (Lipinski definition) is 0. The van der Waals surface area contributed by atoms with E-state index < -0.39 is 0 Å². The summed E-state index contributed by atoms with van der Waals surface area (Å²) in [4.78, 5) is 6.28. The van der Waals surface area contributed by atoms with Gasteiger partial charge in [-0.2, -0.15) is 0 Å². The van der Waals surface area contributed by atoms with E-state index in [0.29, 0.717) is 16.6 Å². The maximum Gasteiger partial charge on any atom is 0.160 e. The second-order valence-corrected chi connectivity index (χ2v) is 9.67. The third-order valence-corrected chi connectivity index (χ3v) is 7.38. The van der Waals surface area contributed by atoms with Crippen LogP contribution in [0.3, 0.4) is 0 Å². The van der Waals surface area contributed by atoms with Crippen molar-refractivity contribution in [2.45, 2.75) is 65.3 Å². The molecule has 2 aromatic heterocycles. The van der Waals surface area contributed by atoms with Crippen LogP contribution in [0.25, 0.3) is 5.00 Å². The highest BCUT2D eigenvalue weighted by Gasteiger charge is 2.24. The van der Waals surface area contributed by atoms with E-state index in [4.69, 9.17) is 28.2 Å². The zero-order chi connectivity index (χ0) is 21.1. The summed E-state index contributed by atoms with van der Waals surface area (Å²) in [5.74, 6) is 1.77. The molecule has 30 heavy (non-hydrogen) atoms. The average Bonchev–Trinajstić information content (AvgIpc) is 3.26. The molecule has 4 nitrogen and oxygen atoms in total. The summed E-state index contributed by atoms with van der Waals surface area (Å²) in [6, 6.07) is 8.01. The molecule has 0 atom stereocenters. The predicted octanol–water partition coefficient (Wildman–Crippen LogP) is 7.20. The van der Waals surface area contributed by atoms with Gasteiger partial charge in [0, 0.05) is 16.0 Å². The highest BCUT2D eigenvalue weighted by Crippen LogP contribution is 2.35. The normalized spacial score (nSPS) is 13.0. The van der Waals surface area contributed by atoms with Gasteiger partial charge in [-0.05, 0) is 38.0 Å². The van der Waals surface area contributed by atoms with Gasteiger partial charge >= 0.3 is 0 Å². The molecule has 0 amide bonds. The molecule has 3 heterocycles. The van der Waals surface area contributed by atoms with Gasteiger partial charge in [0.15, 0.2) is 5.82 Å². The molecule has 1 aliphatic rings. The number of aryl methyl sites for hydroxylation is 2. The lowest BCUT2D eigenvalue weighted by Crippen LogP contribution is -2.05. The van der Waals surface area contributed by atoms with Gasteiger partial charge in [0.2, 0.25) is 0 Å². The minimum absolute atomic E-state index is 0.491. The van der Waals surface area contributed by atoms with Crippen LogP contribution in [0, 0.1) is 6.92 Å². The molecular weight excluding hydrogens is 435 g/mol. The summed E-state index contributed by atoms with van der Waals surface area (Å²) >= 11 is 14.3. The van der Waals surface area contributed by atoms with Crippen molar-refractivity contribution in [2.24, 2.45) is 4.99 Å². The Balaban J connectivity index is 1.65. The van der Waals surface area contributed by atoms with Crippen molar-refractivity contribution in [3.63, 3.8) is 0 Å². The first-order valence-corrected chi connectivity index (χ1v) is 12.2. The largest absolute Gasteiger partial charge is 0.276 e. The maximum atomic E-state index is 6.31. The number of rotatable bonds is 8. The molecule has 0 radical (unpaired) electrons. The Morgan fingerprint density at radius 1 is 1.00 bits per heavy atom. The van der Waals surface area contributed by atoms with Crippen LogP contribution in [0.15, 0.2) is 29.3 Å². The van der Waals surface area contributed by atoms with Gasteiger partial charge in [-0.3, -0.25) is 9.56 Å². The number of benzene rings is 1. The Morgan fingerprint density at radius 3 is 2.60 bits per heavy atom. The molecule has 1 aromatic carbocycles. The first-order valence-electron chi connectivity index (χ1n) is 10.6. The van der Waals surface area contributed by atoms with Crippen molar-refractivity contribution in [1.82, 2.24) is 14.8 Å². The smallest absolute Gasteiger partial charge is 0.160 e. The van der Waals surface area contributed by atoms with Crippen molar-refractivity contribution in [2.75, 3.05) is 0 Å².